The molecule has 0 aliphatic heterocycles. The number of carbonyl (C=O) groups excluding carboxylic acids is 2. The number of para-hydroxylation sites is 1. The Morgan fingerprint density at radius 3 is 1.98 bits per heavy atom. The first-order chi connectivity index (χ1) is 19.3. The minimum Gasteiger partial charge on any atom is -0.357 e. The Balaban J connectivity index is 1.76. The fourth-order valence-corrected chi connectivity index (χ4v) is 6.04. The van der Waals surface area contributed by atoms with E-state index in [1.54, 1.807) is 66.7 Å². The number of rotatable bonds is 11. The van der Waals surface area contributed by atoms with Crippen LogP contribution >= 0.6 is 11.6 Å². The predicted molar refractivity (Wildman–Crippen MR) is 157 cm³/mol. The van der Waals surface area contributed by atoms with E-state index in [0.717, 1.165) is 9.87 Å². The van der Waals surface area contributed by atoms with E-state index in [1.807, 2.05) is 36.4 Å². The molecule has 2 amide bonds. The summed E-state index contributed by atoms with van der Waals surface area (Å²) in [5, 5.41) is 3.16. The van der Waals surface area contributed by atoms with E-state index in [2.05, 4.69) is 5.32 Å². The zero-order chi connectivity index (χ0) is 28.5. The standard InChI is InChI=1S/C31H30ClN3O4S/c1-33-31(37)29(21-24-12-5-2-6-13-24)34(22-25-14-11-15-26(32)20-25)30(36)23-35(27-16-7-3-8-17-27)40(38,39)28-18-9-4-10-19-28/h2-20,29H,21-23H2,1H3,(H,33,37)/t29-/m0/s1. The molecule has 0 aromatic heterocycles. The molecule has 9 heteroatoms. The van der Waals surface area contributed by atoms with E-state index >= 15 is 0 Å². The maximum Gasteiger partial charge on any atom is 0.264 e. The van der Waals surface area contributed by atoms with Crippen LogP contribution < -0.4 is 9.62 Å². The number of carbonyl (C=O) groups is 2. The summed E-state index contributed by atoms with van der Waals surface area (Å²) in [5.74, 6) is -0.899. The third-order valence-corrected chi connectivity index (χ3v) is 8.44. The van der Waals surface area contributed by atoms with E-state index in [0.29, 0.717) is 16.3 Å². The van der Waals surface area contributed by atoms with Gasteiger partial charge in [-0.15, -0.1) is 0 Å². The average Bonchev–Trinajstić information content (AvgIpc) is 2.98. The Bertz CT molecular complexity index is 1530. The molecule has 0 aliphatic carbocycles. The number of halogens is 1. The highest BCUT2D eigenvalue weighted by molar-refractivity contribution is 7.92. The van der Waals surface area contributed by atoms with Crippen LogP contribution in [0.4, 0.5) is 5.69 Å². The van der Waals surface area contributed by atoms with Crippen molar-refractivity contribution in [3.05, 3.63) is 131 Å². The minimum atomic E-state index is -4.11. The van der Waals surface area contributed by atoms with Gasteiger partial charge in [-0.05, 0) is 47.5 Å². The second-order valence-corrected chi connectivity index (χ2v) is 11.4. The number of amides is 2. The van der Waals surface area contributed by atoms with E-state index in [-0.39, 0.29) is 23.8 Å². The normalized spacial score (nSPS) is 11.8. The van der Waals surface area contributed by atoms with Crippen LogP contribution in [0.25, 0.3) is 0 Å². The summed E-state index contributed by atoms with van der Waals surface area (Å²) in [5.41, 5.74) is 1.90. The lowest BCUT2D eigenvalue weighted by atomic mass is 10.0. The van der Waals surface area contributed by atoms with Crippen LogP contribution in [0, 0.1) is 0 Å². The Hall–Kier alpha value is -4.14. The van der Waals surface area contributed by atoms with Crippen LogP contribution in [0.2, 0.25) is 5.02 Å². The molecule has 4 aromatic carbocycles. The molecule has 40 heavy (non-hydrogen) atoms. The highest BCUT2D eigenvalue weighted by Gasteiger charge is 2.34. The van der Waals surface area contributed by atoms with Gasteiger partial charge in [0.15, 0.2) is 0 Å². The molecule has 7 nitrogen and oxygen atoms in total. The summed E-state index contributed by atoms with van der Waals surface area (Å²) in [6, 6.07) is 31.9. The fourth-order valence-electron chi connectivity index (χ4n) is 4.40. The summed E-state index contributed by atoms with van der Waals surface area (Å²) in [4.78, 5) is 28.9. The number of benzene rings is 4. The monoisotopic (exact) mass is 575 g/mol. The van der Waals surface area contributed by atoms with Gasteiger partial charge in [0, 0.05) is 25.0 Å². The fraction of sp³-hybridized carbons (Fsp3) is 0.161. The third kappa shape index (κ3) is 7.08. The number of sulfonamides is 1. The Labute approximate surface area is 240 Å². The lowest BCUT2D eigenvalue weighted by Gasteiger charge is -2.33. The molecule has 0 bridgehead atoms. The van der Waals surface area contributed by atoms with Crippen LogP contribution in [0.15, 0.2) is 120 Å². The summed E-state index contributed by atoms with van der Waals surface area (Å²) in [6.45, 7) is -0.456. The van der Waals surface area contributed by atoms with E-state index in [4.69, 9.17) is 11.6 Å². The Morgan fingerprint density at radius 1 is 0.800 bits per heavy atom. The molecule has 206 valence electrons. The molecule has 0 saturated heterocycles. The minimum absolute atomic E-state index is 0.0539. The van der Waals surface area contributed by atoms with Crippen molar-refractivity contribution in [2.24, 2.45) is 0 Å². The molecule has 0 fully saturated rings. The van der Waals surface area contributed by atoms with Crippen LogP contribution in [0.3, 0.4) is 0 Å². The zero-order valence-electron chi connectivity index (χ0n) is 22.0. The zero-order valence-corrected chi connectivity index (χ0v) is 23.6. The molecule has 0 radical (unpaired) electrons. The number of likely N-dealkylation sites (N-methyl/N-ethyl adjacent to an activating group) is 1. The van der Waals surface area contributed by atoms with Crippen molar-refractivity contribution in [2.45, 2.75) is 23.9 Å². The molecule has 0 saturated carbocycles. The van der Waals surface area contributed by atoms with Gasteiger partial charge in [-0.25, -0.2) is 8.42 Å². The first-order valence-electron chi connectivity index (χ1n) is 12.7. The van der Waals surface area contributed by atoms with Crippen LogP contribution in [-0.2, 0) is 32.6 Å². The van der Waals surface area contributed by atoms with Crippen molar-refractivity contribution < 1.29 is 18.0 Å². The molecule has 1 N–H and O–H groups in total. The van der Waals surface area contributed by atoms with Gasteiger partial charge in [0.2, 0.25) is 11.8 Å². The molecule has 0 unspecified atom stereocenters. The van der Waals surface area contributed by atoms with Crippen molar-refractivity contribution in [2.75, 3.05) is 17.9 Å². The van der Waals surface area contributed by atoms with Gasteiger partial charge in [-0.3, -0.25) is 13.9 Å². The third-order valence-electron chi connectivity index (χ3n) is 6.41. The van der Waals surface area contributed by atoms with Gasteiger partial charge >= 0.3 is 0 Å². The summed E-state index contributed by atoms with van der Waals surface area (Å²) in [7, 11) is -2.60. The Kier molecular flexibility index (Phi) is 9.58. The van der Waals surface area contributed by atoms with E-state index < -0.39 is 28.5 Å². The Morgan fingerprint density at radius 2 is 1.38 bits per heavy atom. The number of nitrogens with zero attached hydrogens (tertiary/aromatic N) is 2. The largest absolute Gasteiger partial charge is 0.357 e. The first kappa shape index (κ1) is 28.9. The van der Waals surface area contributed by atoms with Gasteiger partial charge in [-0.2, -0.15) is 0 Å². The quantitative estimate of drug-likeness (QED) is 0.275. The maximum absolute atomic E-state index is 14.2. The number of anilines is 1. The lowest BCUT2D eigenvalue weighted by Crippen LogP contribution is -2.53. The maximum atomic E-state index is 14.2. The van der Waals surface area contributed by atoms with E-state index in [9.17, 15) is 18.0 Å². The van der Waals surface area contributed by atoms with Crippen LogP contribution in [0.5, 0.6) is 0 Å². The first-order valence-corrected chi connectivity index (χ1v) is 14.5. The molecule has 4 aromatic rings. The van der Waals surface area contributed by atoms with Crippen LogP contribution in [0.1, 0.15) is 11.1 Å². The van der Waals surface area contributed by atoms with Gasteiger partial charge in [0.05, 0.1) is 10.6 Å². The number of hydrogen-bond donors (Lipinski definition) is 1. The van der Waals surface area contributed by atoms with Crippen molar-refractivity contribution in [1.29, 1.82) is 0 Å². The van der Waals surface area contributed by atoms with Gasteiger partial charge in [0.1, 0.15) is 12.6 Å². The summed E-state index contributed by atoms with van der Waals surface area (Å²) < 4.78 is 28.7. The topological polar surface area (TPSA) is 86.8 Å². The average molecular weight is 576 g/mol. The molecular weight excluding hydrogens is 546 g/mol. The smallest absolute Gasteiger partial charge is 0.264 e. The van der Waals surface area contributed by atoms with Gasteiger partial charge in [-0.1, -0.05) is 90.5 Å². The number of nitrogens with one attached hydrogen (secondary N) is 1. The molecule has 0 aliphatic rings. The van der Waals surface area contributed by atoms with Crippen molar-refractivity contribution in [3.63, 3.8) is 0 Å². The van der Waals surface area contributed by atoms with Crippen molar-refractivity contribution in [3.8, 4) is 0 Å². The highest BCUT2D eigenvalue weighted by atomic mass is 35.5. The molecule has 4 rings (SSSR count). The molecular formula is C31H30ClN3O4S. The highest BCUT2D eigenvalue weighted by Crippen LogP contribution is 2.25. The second kappa shape index (κ2) is 13.3. The molecule has 1 atom stereocenters. The van der Waals surface area contributed by atoms with Crippen molar-refractivity contribution >= 4 is 39.1 Å². The predicted octanol–water partition coefficient (Wildman–Crippen LogP) is 4.92. The van der Waals surface area contributed by atoms with Gasteiger partial charge < -0.3 is 10.2 Å². The SMILES string of the molecule is CNC(=O)[C@H](Cc1ccccc1)N(Cc1cccc(Cl)c1)C(=O)CN(c1ccccc1)S(=O)(=O)c1ccccc1. The molecule has 0 heterocycles. The van der Waals surface area contributed by atoms with Crippen molar-refractivity contribution in [1.82, 2.24) is 10.2 Å². The second-order valence-electron chi connectivity index (χ2n) is 9.13. The number of hydrogen-bond acceptors (Lipinski definition) is 4. The summed E-state index contributed by atoms with van der Waals surface area (Å²) in [6.07, 6.45) is 0.240. The lowest BCUT2D eigenvalue weighted by molar-refractivity contribution is -0.139. The van der Waals surface area contributed by atoms with Crippen LogP contribution in [-0.4, -0.2) is 44.8 Å². The summed E-state index contributed by atoms with van der Waals surface area (Å²) >= 11 is 6.23. The molecule has 0 spiro atoms. The van der Waals surface area contributed by atoms with E-state index in [1.165, 1.54) is 24.1 Å². The van der Waals surface area contributed by atoms with Gasteiger partial charge in [0.25, 0.3) is 10.0 Å².